The van der Waals surface area contributed by atoms with Crippen molar-refractivity contribution in [1.29, 1.82) is 0 Å². The van der Waals surface area contributed by atoms with E-state index in [0.29, 0.717) is 0 Å². The first-order chi connectivity index (χ1) is 9.75. The van der Waals surface area contributed by atoms with Gasteiger partial charge in [0.2, 0.25) is 0 Å². The number of rotatable bonds is 3. The Hall–Kier alpha value is -2.23. The minimum absolute atomic E-state index is 0.122. The number of aromatic nitrogens is 3. The summed E-state index contributed by atoms with van der Waals surface area (Å²) < 4.78 is 37.9. The summed E-state index contributed by atoms with van der Waals surface area (Å²) in [7, 11) is 0. The Morgan fingerprint density at radius 3 is 2.52 bits per heavy atom. The molecule has 10 heteroatoms. The fourth-order valence-corrected chi connectivity index (χ4v) is 2.13. The second-order valence-corrected chi connectivity index (χ2v) is 4.88. The summed E-state index contributed by atoms with van der Waals surface area (Å²) in [6.45, 7) is 1.42. The predicted molar refractivity (Wildman–Crippen MR) is 66.8 cm³/mol. The van der Waals surface area contributed by atoms with E-state index in [-0.39, 0.29) is 21.6 Å². The molecular formula is C11H7F3N4O2S. The van der Waals surface area contributed by atoms with Crippen molar-refractivity contribution in [1.82, 2.24) is 15.0 Å². The van der Waals surface area contributed by atoms with Crippen LogP contribution in [0.3, 0.4) is 0 Å². The summed E-state index contributed by atoms with van der Waals surface area (Å²) >= 11 is 0.797. The SMILES string of the molecule is Cc1cc(C(F)(F)F)nc(Sc2ccc([N+](=O)[O-])cn2)n1. The minimum Gasteiger partial charge on any atom is -0.258 e. The Bertz CT molecular complexity index is 676. The molecule has 0 N–H and O–H groups in total. The highest BCUT2D eigenvalue weighted by Gasteiger charge is 2.33. The fraction of sp³-hybridized carbons (Fsp3) is 0.182. The summed E-state index contributed by atoms with van der Waals surface area (Å²) in [4.78, 5) is 20.9. The van der Waals surface area contributed by atoms with Gasteiger partial charge in [0.05, 0.1) is 4.92 Å². The number of nitro groups is 1. The normalized spacial score (nSPS) is 11.4. The highest BCUT2D eigenvalue weighted by atomic mass is 32.2. The van der Waals surface area contributed by atoms with E-state index >= 15 is 0 Å². The number of aryl methyl sites for hydroxylation is 1. The summed E-state index contributed by atoms with van der Waals surface area (Å²) in [5.74, 6) is 0. The minimum atomic E-state index is -4.56. The Labute approximate surface area is 120 Å². The zero-order chi connectivity index (χ0) is 15.6. The third-order valence-corrected chi connectivity index (χ3v) is 3.07. The molecule has 0 aliphatic rings. The number of alkyl halides is 3. The lowest BCUT2D eigenvalue weighted by Crippen LogP contribution is -2.10. The molecule has 0 spiro atoms. The monoisotopic (exact) mass is 316 g/mol. The smallest absolute Gasteiger partial charge is 0.258 e. The molecule has 2 rings (SSSR count). The maximum atomic E-state index is 12.6. The third kappa shape index (κ3) is 3.88. The molecule has 110 valence electrons. The Morgan fingerprint density at radius 1 is 1.29 bits per heavy atom. The number of hydrogen-bond acceptors (Lipinski definition) is 6. The van der Waals surface area contributed by atoms with Gasteiger partial charge in [0.25, 0.3) is 5.69 Å². The molecule has 2 aromatic rings. The van der Waals surface area contributed by atoms with Crippen molar-refractivity contribution in [2.24, 2.45) is 0 Å². The number of hydrogen-bond donors (Lipinski definition) is 0. The zero-order valence-electron chi connectivity index (χ0n) is 10.5. The maximum Gasteiger partial charge on any atom is 0.433 e. The lowest BCUT2D eigenvalue weighted by atomic mass is 10.3. The average molecular weight is 316 g/mol. The van der Waals surface area contributed by atoms with Gasteiger partial charge < -0.3 is 0 Å². The Kier molecular flexibility index (Phi) is 4.07. The van der Waals surface area contributed by atoms with E-state index in [1.807, 2.05) is 0 Å². The van der Waals surface area contributed by atoms with E-state index in [1.165, 1.54) is 19.1 Å². The first kappa shape index (κ1) is 15.2. The third-order valence-electron chi connectivity index (χ3n) is 2.25. The van der Waals surface area contributed by atoms with Crippen LogP contribution in [-0.2, 0) is 6.18 Å². The molecule has 0 radical (unpaired) electrons. The summed E-state index contributed by atoms with van der Waals surface area (Å²) in [6.07, 6.45) is -3.55. The Balaban J connectivity index is 2.27. The van der Waals surface area contributed by atoms with Crippen molar-refractivity contribution in [2.45, 2.75) is 23.3 Å². The van der Waals surface area contributed by atoms with Gasteiger partial charge in [-0.05, 0) is 30.8 Å². The molecule has 2 aromatic heterocycles. The standard InChI is InChI=1S/C11H7F3N4O2S/c1-6-4-8(11(12,13)14)17-10(16-6)21-9-3-2-7(5-15-9)18(19)20/h2-5H,1H3. The van der Waals surface area contributed by atoms with E-state index in [2.05, 4.69) is 15.0 Å². The molecule has 0 saturated heterocycles. The highest BCUT2D eigenvalue weighted by Crippen LogP contribution is 2.31. The topological polar surface area (TPSA) is 81.8 Å². The molecule has 0 saturated carbocycles. The van der Waals surface area contributed by atoms with Gasteiger partial charge in [-0.1, -0.05) is 0 Å². The van der Waals surface area contributed by atoms with Crippen LogP contribution in [0.1, 0.15) is 11.4 Å². The van der Waals surface area contributed by atoms with Gasteiger partial charge in [0.1, 0.15) is 16.9 Å². The molecule has 21 heavy (non-hydrogen) atoms. The van der Waals surface area contributed by atoms with Gasteiger partial charge in [0, 0.05) is 11.8 Å². The maximum absolute atomic E-state index is 12.6. The molecule has 0 bridgehead atoms. The molecule has 0 unspecified atom stereocenters. The number of nitrogens with zero attached hydrogens (tertiary/aromatic N) is 4. The van der Waals surface area contributed by atoms with Crippen LogP contribution in [0.2, 0.25) is 0 Å². The van der Waals surface area contributed by atoms with E-state index in [9.17, 15) is 23.3 Å². The molecular weight excluding hydrogens is 309 g/mol. The molecule has 6 nitrogen and oxygen atoms in total. The van der Waals surface area contributed by atoms with Gasteiger partial charge in [0.15, 0.2) is 5.16 Å². The van der Waals surface area contributed by atoms with E-state index in [0.717, 1.165) is 24.0 Å². The van der Waals surface area contributed by atoms with Crippen molar-refractivity contribution in [3.63, 3.8) is 0 Å². The van der Waals surface area contributed by atoms with Crippen LogP contribution < -0.4 is 0 Å². The first-order valence-corrected chi connectivity index (χ1v) is 6.28. The Morgan fingerprint density at radius 2 is 2.00 bits per heavy atom. The van der Waals surface area contributed by atoms with E-state index < -0.39 is 16.8 Å². The lowest BCUT2D eigenvalue weighted by molar-refractivity contribution is -0.385. The van der Waals surface area contributed by atoms with Crippen molar-refractivity contribution in [3.05, 3.63) is 45.9 Å². The van der Waals surface area contributed by atoms with Crippen molar-refractivity contribution >= 4 is 17.4 Å². The van der Waals surface area contributed by atoms with Gasteiger partial charge in [-0.3, -0.25) is 10.1 Å². The molecule has 0 aliphatic heterocycles. The van der Waals surface area contributed by atoms with Crippen LogP contribution in [0.4, 0.5) is 18.9 Å². The van der Waals surface area contributed by atoms with Crippen molar-refractivity contribution in [3.8, 4) is 0 Å². The fourth-order valence-electron chi connectivity index (χ4n) is 1.37. The summed E-state index contributed by atoms with van der Waals surface area (Å²) in [5.41, 5.74) is -1.08. The largest absolute Gasteiger partial charge is 0.433 e. The second kappa shape index (κ2) is 5.64. The van der Waals surface area contributed by atoms with Crippen LogP contribution >= 0.6 is 11.8 Å². The highest BCUT2D eigenvalue weighted by molar-refractivity contribution is 7.99. The quantitative estimate of drug-likeness (QED) is 0.491. The lowest BCUT2D eigenvalue weighted by Gasteiger charge is -2.08. The van der Waals surface area contributed by atoms with Gasteiger partial charge in [-0.2, -0.15) is 13.2 Å². The van der Waals surface area contributed by atoms with Gasteiger partial charge >= 0.3 is 6.18 Å². The van der Waals surface area contributed by atoms with E-state index in [4.69, 9.17) is 0 Å². The molecule has 0 fully saturated rings. The molecule has 0 aromatic carbocycles. The van der Waals surface area contributed by atoms with Crippen LogP contribution in [0.5, 0.6) is 0 Å². The van der Waals surface area contributed by atoms with E-state index in [1.54, 1.807) is 0 Å². The van der Waals surface area contributed by atoms with Crippen molar-refractivity contribution in [2.75, 3.05) is 0 Å². The molecule has 0 atom stereocenters. The second-order valence-electron chi connectivity index (χ2n) is 3.89. The van der Waals surface area contributed by atoms with Crippen LogP contribution in [0.25, 0.3) is 0 Å². The first-order valence-electron chi connectivity index (χ1n) is 5.47. The van der Waals surface area contributed by atoms with Crippen molar-refractivity contribution < 1.29 is 18.1 Å². The average Bonchev–Trinajstić information content (AvgIpc) is 2.37. The number of pyridine rings is 1. The summed E-state index contributed by atoms with van der Waals surface area (Å²) in [5, 5.41) is 10.6. The summed E-state index contributed by atoms with van der Waals surface area (Å²) in [6, 6.07) is 3.37. The van der Waals surface area contributed by atoms with Crippen LogP contribution in [-0.4, -0.2) is 19.9 Å². The molecule has 0 aliphatic carbocycles. The van der Waals surface area contributed by atoms with Gasteiger partial charge in [-0.15, -0.1) is 0 Å². The predicted octanol–water partition coefficient (Wildman–Crippen LogP) is 3.26. The van der Waals surface area contributed by atoms with Crippen LogP contribution in [0, 0.1) is 17.0 Å². The van der Waals surface area contributed by atoms with Gasteiger partial charge in [-0.25, -0.2) is 15.0 Å². The van der Waals surface area contributed by atoms with Crippen LogP contribution in [0.15, 0.2) is 34.6 Å². The number of halogens is 3. The zero-order valence-corrected chi connectivity index (χ0v) is 11.3. The molecule has 2 heterocycles. The molecule has 0 amide bonds.